The molecule has 4 heteroatoms. The molecule has 0 bridgehead atoms. The molecule has 21 heavy (non-hydrogen) atoms. The highest BCUT2D eigenvalue weighted by Crippen LogP contribution is 2.40. The number of hydrogen-bond acceptors (Lipinski definition) is 2. The molecule has 0 saturated heterocycles. The van der Waals surface area contributed by atoms with Gasteiger partial charge in [0.15, 0.2) is 0 Å². The number of carboxylic acid groups (broad SMARTS) is 1. The molecular weight excluding hydrogens is 264 g/mol. The molecule has 0 radical (unpaired) electrons. The standard InChI is InChI=1S/C17H16N2O2/c1-2-12-7-5-6-10-17(12,11-15(20)21)16-18-13-8-3-4-9-14(13)19-16/h2-10,12H,1,11H2,(H,18,19)(H,20,21). The Morgan fingerprint density at radius 2 is 2.24 bits per heavy atom. The van der Waals surface area contributed by atoms with Crippen LogP contribution in [0.25, 0.3) is 11.0 Å². The fraction of sp³-hybridized carbons (Fsp3) is 0.176. The smallest absolute Gasteiger partial charge is 0.304 e. The first-order valence-corrected chi connectivity index (χ1v) is 6.81. The molecule has 106 valence electrons. The van der Waals surface area contributed by atoms with Crippen LogP contribution < -0.4 is 0 Å². The summed E-state index contributed by atoms with van der Waals surface area (Å²) in [4.78, 5) is 19.3. The Labute approximate surface area is 122 Å². The fourth-order valence-corrected chi connectivity index (χ4v) is 2.90. The van der Waals surface area contributed by atoms with Gasteiger partial charge in [-0.1, -0.05) is 42.5 Å². The number of nitrogens with zero attached hydrogens (tertiary/aromatic N) is 1. The molecule has 1 heterocycles. The van der Waals surface area contributed by atoms with Crippen LogP contribution in [-0.4, -0.2) is 21.0 Å². The van der Waals surface area contributed by atoms with Crippen molar-refractivity contribution in [3.05, 3.63) is 67.0 Å². The summed E-state index contributed by atoms with van der Waals surface area (Å²) in [7, 11) is 0. The number of H-pyrrole nitrogens is 1. The van der Waals surface area contributed by atoms with Gasteiger partial charge in [-0.15, -0.1) is 6.58 Å². The maximum Gasteiger partial charge on any atom is 0.304 e. The van der Waals surface area contributed by atoms with Gasteiger partial charge in [-0.2, -0.15) is 0 Å². The minimum absolute atomic E-state index is 0.0374. The summed E-state index contributed by atoms with van der Waals surface area (Å²) < 4.78 is 0. The summed E-state index contributed by atoms with van der Waals surface area (Å²) in [6.45, 7) is 3.85. The van der Waals surface area contributed by atoms with Crippen molar-refractivity contribution < 1.29 is 9.90 Å². The fourth-order valence-electron chi connectivity index (χ4n) is 2.90. The number of carboxylic acids is 1. The first kappa shape index (κ1) is 13.4. The summed E-state index contributed by atoms with van der Waals surface area (Å²) in [5.41, 5.74) is 1.02. The third-order valence-electron chi connectivity index (χ3n) is 3.95. The van der Waals surface area contributed by atoms with Crippen LogP contribution in [0.1, 0.15) is 12.2 Å². The Bertz CT molecular complexity index is 724. The van der Waals surface area contributed by atoms with E-state index in [1.807, 2.05) is 48.6 Å². The van der Waals surface area contributed by atoms with Crippen molar-refractivity contribution in [3.8, 4) is 0 Å². The number of rotatable bonds is 4. The molecule has 0 aliphatic heterocycles. The summed E-state index contributed by atoms with van der Waals surface area (Å²) >= 11 is 0. The first-order valence-electron chi connectivity index (χ1n) is 6.81. The summed E-state index contributed by atoms with van der Waals surface area (Å²) in [5, 5.41) is 9.35. The molecule has 2 N–H and O–H groups in total. The topological polar surface area (TPSA) is 66.0 Å². The first-order chi connectivity index (χ1) is 10.2. The number of imidazole rings is 1. The zero-order valence-corrected chi connectivity index (χ0v) is 11.5. The quantitative estimate of drug-likeness (QED) is 0.845. The van der Waals surface area contributed by atoms with E-state index in [1.54, 1.807) is 6.08 Å². The Morgan fingerprint density at radius 1 is 1.43 bits per heavy atom. The van der Waals surface area contributed by atoms with Crippen LogP contribution in [0.2, 0.25) is 0 Å². The molecule has 2 atom stereocenters. The van der Waals surface area contributed by atoms with Crippen LogP contribution in [0.3, 0.4) is 0 Å². The molecule has 1 aliphatic carbocycles. The van der Waals surface area contributed by atoms with Gasteiger partial charge in [-0.25, -0.2) is 4.98 Å². The van der Waals surface area contributed by atoms with Gasteiger partial charge < -0.3 is 10.1 Å². The molecule has 2 unspecified atom stereocenters. The van der Waals surface area contributed by atoms with E-state index in [0.717, 1.165) is 11.0 Å². The number of benzene rings is 1. The lowest BCUT2D eigenvalue weighted by molar-refractivity contribution is -0.138. The van der Waals surface area contributed by atoms with Crippen molar-refractivity contribution in [2.75, 3.05) is 0 Å². The van der Waals surface area contributed by atoms with Gasteiger partial charge in [0.2, 0.25) is 0 Å². The van der Waals surface area contributed by atoms with Gasteiger partial charge in [0.25, 0.3) is 0 Å². The number of nitrogens with one attached hydrogen (secondary N) is 1. The average Bonchev–Trinajstić information content (AvgIpc) is 2.91. The van der Waals surface area contributed by atoms with E-state index in [4.69, 9.17) is 0 Å². The van der Waals surface area contributed by atoms with E-state index in [9.17, 15) is 9.90 Å². The van der Waals surface area contributed by atoms with Gasteiger partial charge in [-0.3, -0.25) is 4.79 Å². The molecule has 0 saturated carbocycles. The lowest BCUT2D eigenvalue weighted by Crippen LogP contribution is -2.36. The van der Waals surface area contributed by atoms with E-state index >= 15 is 0 Å². The number of aromatic nitrogens is 2. The van der Waals surface area contributed by atoms with Crippen molar-refractivity contribution >= 4 is 17.0 Å². The third kappa shape index (κ3) is 2.18. The van der Waals surface area contributed by atoms with Crippen LogP contribution >= 0.6 is 0 Å². The van der Waals surface area contributed by atoms with Crippen molar-refractivity contribution in [1.82, 2.24) is 9.97 Å². The largest absolute Gasteiger partial charge is 0.481 e. The highest BCUT2D eigenvalue weighted by Gasteiger charge is 2.41. The highest BCUT2D eigenvalue weighted by atomic mass is 16.4. The van der Waals surface area contributed by atoms with Crippen LogP contribution in [0.15, 0.2) is 61.2 Å². The van der Waals surface area contributed by atoms with Crippen molar-refractivity contribution in [2.45, 2.75) is 11.8 Å². The Kier molecular flexibility index (Phi) is 3.22. The monoisotopic (exact) mass is 280 g/mol. The SMILES string of the molecule is C=CC1C=CC=CC1(CC(=O)O)c1nc2ccccc2[nH]1. The van der Waals surface area contributed by atoms with Gasteiger partial charge in [-0.05, 0) is 12.1 Å². The molecule has 0 spiro atoms. The number of aliphatic carboxylic acids is 1. The van der Waals surface area contributed by atoms with E-state index in [0.29, 0.717) is 5.82 Å². The molecule has 0 amide bonds. The number of hydrogen-bond donors (Lipinski definition) is 2. The van der Waals surface area contributed by atoms with Gasteiger partial charge in [0, 0.05) is 5.92 Å². The van der Waals surface area contributed by atoms with Gasteiger partial charge >= 0.3 is 5.97 Å². The van der Waals surface area contributed by atoms with Crippen LogP contribution in [0.4, 0.5) is 0 Å². The van der Waals surface area contributed by atoms with Crippen LogP contribution in [0.5, 0.6) is 0 Å². The predicted molar refractivity (Wildman–Crippen MR) is 82.0 cm³/mol. The van der Waals surface area contributed by atoms with Crippen LogP contribution in [0, 0.1) is 5.92 Å². The molecule has 2 aromatic rings. The Hall–Kier alpha value is -2.62. The van der Waals surface area contributed by atoms with Crippen molar-refractivity contribution in [1.29, 1.82) is 0 Å². The summed E-state index contributed by atoms with van der Waals surface area (Å²) in [6.07, 6.45) is 9.39. The zero-order chi connectivity index (χ0) is 14.9. The highest BCUT2D eigenvalue weighted by molar-refractivity contribution is 5.76. The van der Waals surface area contributed by atoms with Crippen molar-refractivity contribution in [3.63, 3.8) is 0 Å². The number of aromatic amines is 1. The van der Waals surface area contributed by atoms with E-state index < -0.39 is 11.4 Å². The molecule has 0 fully saturated rings. The van der Waals surface area contributed by atoms with E-state index in [2.05, 4.69) is 16.5 Å². The second-order valence-electron chi connectivity index (χ2n) is 5.22. The predicted octanol–water partition coefficient (Wildman–Crippen LogP) is 3.20. The average molecular weight is 280 g/mol. The molecule has 3 rings (SSSR count). The lowest BCUT2D eigenvalue weighted by Gasteiger charge is -2.34. The maximum absolute atomic E-state index is 11.4. The Morgan fingerprint density at radius 3 is 2.95 bits per heavy atom. The number of carbonyl (C=O) groups is 1. The normalized spacial score (nSPS) is 24.3. The maximum atomic E-state index is 11.4. The third-order valence-corrected chi connectivity index (χ3v) is 3.95. The molecule has 1 aromatic heterocycles. The molecule has 1 aliphatic rings. The summed E-state index contributed by atoms with van der Waals surface area (Å²) in [6, 6.07) is 7.69. The zero-order valence-electron chi connectivity index (χ0n) is 11.5. The Balaban J connectivity index is 2.19. The van der Waals surface area contributed by atoms with Gasteiger partial charge in [0.1, 0.15) is 5.82 Å². The second-order valence-corrected chi connectivity index (χ2v) is 5.22. The summed E-state index contributed by atoms with van der Waals surface area (Å²) in [5.74, 6) is -0.307. The number of allylic oxidation sites excluding steroid dienone is 5. The van der Waals surface area contributed by atoms with Crippen molar-refractivity contribution in [2.24, 2.45) is 5.92 Å². The number of fused-ring (bicyclic) bond motifs is 1. The van der Waals surface area contributed by atoms with Crippen LogP contribution in [-0.2, 0) is 10.2 Å². The molecule has 1 aromatic carbocycles. The second kappa shape index (κ2) is 5.05. The minimum Gasteiger partial charge on any atom is -0.481 e. The van der Waals surface area contributed by atoms with E-state index in [1.165, 1.54) is 0 Å². The molecule has 4 nitrogen and oxygen atoms in total. The molecular formula is C17H16N2O2. The lowest BCUT2D eigenvalue weighted by atomic mass is 9.70. The van der Waals surface area contributed by atoms with Gasteiger partial charge in [0.05, 0.1) is 22.9 Å². The minimum atomic E-state index is -0.859. The number of para-hydroxylation sites is 2. The van der Waals surface area contributed by atoms with E-state index in [-0.39, 0.29) is 12.3 Å².